The number of hydrogen-bond donors (Lipinski definition) is 1. The molecule has 2 heterocycles. The lowest BCUT2D eigenvalue weighted by Crippen LogP contribution is -2.46. The van der Waals surface area contributed by atoms with Gasteiger partial charge in [-0.15, -0.1) is 11.3 Å². The van der Waals surface area contributed by atoms with Gasteiger partial charge in [0.25, 0.3) is 0 Å². The Labute approximate surface area is 117 Å². The Kier molecular flexibility index (Phi) is 5.48. The number of rotatable bonds is 5. The fraction of sp³-hybridized carbons (Fsp3) is 0.692. The van der Waals surface area contributed by atoms with E-state index in [1.54, 1.807) is 0 Å². The molecule has 1 saturated heterocycles. The van der Waals surface area contributed by atoms with Gasteiger partial charge in [-0.3, -0.25) is 0 Å². The second kappa shape index (κ2) is 6.88. The fourth-order valence-corrected chi connectivity index (χ4v) is 3.94. The molecule has 4 heteroatoms. The summed E-state index contributed by atoms with van der Waals surface area (Å²) >= 11 is 5.38. The Bertz CT molecular complexity index is 338. The van der Waals surface area contributed by atoms with Crippen LogP contribution in [0, 0.1) is 0 Å². The Morgan fingerprint density at radius 1 is 1.53 bits per heavy atom. The minimum atomic E-state index is 0.712. The maximum atomic E-state index is 3.57. The van der Waals surface area contributed by atoms with Crippen LogP contribution in [0.3, 0.4) is 0 Å². The number of nitrogens with one attached hydrogen (secondary N) is 1. The molecule has 1 unspecified atom stereocenters. The maximum absolute atomic E-state index is 3.57. The van der Waals surface area contributed by atoms with Crippen LogP contribution in [0.5, 0.6) is 0 Å². The smallest absolute Gasteiger partial charge is 0.0701 e. The van der Waals surface area contributed by atoms with E-state index in [1.165, 1.54) is 47.6 Å². The van der Waals surface area contributed by atoms with Crippen molar-refractivity contribution in [1.82, 2.24) is 10.2 Å². The van der Waals surface area contributed by atoms with Crippen molar-refractivity contribution in [2.45, 2.75) is 32.2 Å². The third kappa shape index (κ3) is 4.36. The summed E-state index contributed by atoms with van der Waals surface area (Å²) in [6.45, 7) is 6.99. The third-order valence-electron chi connectivity index (χ3n) is 3.30. The number of nitrogens with zero attached hydrogens (tertiary/aromatic N) is 1. The molecule has 1 aliphatic rings. The molecule has 1 fully saturated rings. The van der Waals surface area contributed by atoms with Crippen molar-refractivity contribution in [1.29, 1.82) is 0 Å². The van der Waals surface area contributed by atoms with Crippen LogP contribution >= 0.6 is 27.3 Å². The van der Waals surface area contributed by atoms with Crippen LogP contribution in [0.15, 0.2) is 15.9 Å². The molecule has 1 aromatic rings. The molecule has 2 nitrogen and oxygen atoms in total. The minimum absolute atomic E-state index is 0.712. The molecule has 1 aliphatic heterocycles. The lowest BCUT2D eigenvalue weighted by molar-refractivity contribution is 0.194. The second-order valence-corrected chi connectivity index (χ2v) is 7.20. The summed E-state index contributed by atoms with van der Waals surface area (Å²) in [6.07, 6.45) is 3.87. The van der Waals surface area contributed by atoms with E-state index in [2.05, 4.69) is 45.2 Å². The number of halogens is 1. The molecule has 0 saturated carbocycles. The van der Waals surface area contributed by atoms with E-state index in [0.717, 1.165) is 6.54 Å². The number of likely N-dealkylation sites (N-methyl/N-ethyl adjacent to an activating group) is 1. The van der Waals surface area contributed by atoms with E-state index < -0.39 is 0 Å². The van der Waals surface area contributed by atoms with E-state index in [-0.39, 0.29) is 0 Å². The molecule has 96 valence electrons. The third-order valence-corrected chi connectivity index (χ3v) is 4.99. The van der Waals surface area contributed by atoms with Crippen LogP contribution < -0.4 is 5.32 Å². The van der Waals surface area contributed by atoms with Crippen molar-refractivity contribution in [2.75, 3.05) is 26.2 Å². The number of thiophene rings is 1. The number of piperidine rings is 1. The van der Waals surface area contributed by atoms with Crippen LogP contribution in [0.2, 0.25) is 0 Å². The van der Waals surface area contributed by atoms with Crippen LogP contribution in [0.1, 0.15) is 24.6 Å². The van der Waals surface area contributed by atoms with Gasteiger partial charge in [-0.2, -0.15) is 0 Å². The van der Waals surface area contributed by atoms with Crippen molar-refractivity contribution >= 4 is 27.3 Å². The van der Waals surface area contributed by atoms with Gasteiger partial charge in [0.05, 0.1) is 3.79 Å². The summed E-state index contributed by atoms with van der Waals surface area (Å²) in [5, 5.41) is 3.57. The quantitative estimate of drug-likeness (QED) is 0.897. The molecule has 0 amide bonds. The summed E-state index contributed by atoms with van der Waals surface area (Å²) in [4.78, 5) is 4.09. The van der Waals surface area contributed by atoms with Gasteiger partial charge in [-0.25, -0.2) is 0 Å². The molecule has 1 atom stereocenters. The zero-order valence-electron chi connectivity index (χ0n) is 10.4. The van der Waals surface area contributed by atoms with Crippen LogP contribution in [0.4, 0.5) is 0 Å². The predicted molar refractivity (Wildman–Crippen MR) is 78.9 cm³/mol. The van der Waals surface area contributed by atoms with Crippen LogP contribution in [-0.2, 0) is 6.42 Å². The summed E-state index contributed by atoms with van der Waals surface area (Å²) in [6, 6.07) is 5.10. The number of likely N-dealkylation sites (tertiary alicyclic amines) is 1. The molecule has 0 radical (unpaired) electrons. The Morgan fingerprint density at radius 2 is 2.41 bits per heavy atom. The molecule has 2 rings (SSSR count). The van der Waals surface area contributed by atoms with Gasteiger partial charge in [0, 0.05) is 24.0 Å². The molecule has 0 bridgehead atoms. The van der Waals surface area contributed by atoms with E-state index in [1.807, 2.05) is 11.3 Å². The maximum Gasteiger partial charge on any atom is 0.0701 e. The van der Waals surface area contributed by atoms with Gasteiger partial charge in [0.1, 0.15) is 0 Å². The largest absolute Gasteiger partial charge is 0.313 e. The first-order chi connectivity index (χ1) is 8.28. The van der Waals surface area contributed by atoms with Crippen molar-refractivity contribution in [3.8, 4) is 0 Å². The molecule has 1 N–H and O–H groups in total. The molecule has 0 spiro atoms. The normalized spacial score (nSPS) is 21.9. The summed E-state index contributed by atoms with van der Waals surface area (Å²) in [5.74, 6) is 0. The van der Waals surface area contributed by atoms with Gasteiger partial charge in [0.2, 0.25) is 0 Å². The monoisotopic (exact) mass is 316 g/mol. The van der Waals surface area contributed by atoms with Crippen molar-refractivity contribution in [3.05, 3.63) is 20.8 Å². The Morgan fingerprint density at radius 3 is 3.12 bits per heavy atom. The van der Waals surface area contributed by atoms with E-state index in [9.17, 15) is 0 Å². The molecular weight excluding hydrogens is 296 g/mol. The van der Waals surface area contributed by atoms with Gasteiger partial charge >= 0.3 is 0 Å². The average Bonchev–Trinajstić information content (AvgIpc) is 2.74. The predicted octanol–water partition coefficient (Wildman–Crippen LogP) is 3.13. The highest BCUT2D eigenvalue weighted by molar-refractivity contribution is 9.11. The van der Waals surface area contributed by atoms with E-state index in [4.69, 9.17) is 0 Å². The highest BCUT2D eigenvalue weighted by Crippen LogP contribution is 2.22. The molecular formula is C13H21BrN2S. The molecule has 17 heavy (non-hydrogen) atoms. The SMILES string of the molecule is CCNC1CCCN(CCc2ccc(Br)s2)C1. The van der Waals surface area contributed by atoms with Gasteiger partial charge in [-0.05, 0) is 60.4 Å². The van der Waals surface area contributed by atoms with Crippen molar-refractivity contribution < 1.29 is 0 Å². The van der Waals surface area contributed by atoms with Crippen molar-refractivity contribution in [3.63, 3.8) is 0 Å². The second-order valence-electron chi connectivity index (χ2n) is 4.65. The lowest BCUT2D eigenvalue weighted by atomic mass is 10.1. The van der Waals surface area contributed by atoms with Crippen LogP contribution in [0.25, 0.3) is 0 Å². The van der Waals surface area contributed by atoms with Crippen LogP contribution in [-0.4, -0.2) is 37.1 Å². The Balaban J connectivity index is 1.75. The van der Waals surface area contributed by atoms with E-state index in [0.29, 0.717) is 6.04 Å². The first-order valence-corrected chi connectivity index (χ1v) is 8.09. The molecule has 0 aliphatic carbocycles. The summed E-state index contributed by atoms with van der Waals surface area (Å²) in [5.41, 5.74) is 0. The van der Waals surface area contributed by atoms with Gasteiger partial charge < -0.3 is 10.2 Å². The molecule has 1 aromatic heterocycles. The highest BCUT2D eigenvalue weighted by atomic mass is 79.9. The fourth-order valence-electron chi connectivity index (χ4n) is 2.47. The first kappa shape index (κ1) is 13.5. The summed E-state index contributed by atoms with van der Waals surface area (Å²) < 4.78 is 1.25. The number of hydrogen-bond acceptors (Lipinski definition) is 3. The topological polar surface area (TPSA) is 15.3 Å². The van der Waals surface area contributed by atoms with Crippen molar-refractivity contribution in [2.24, 2.45) is 0 Å². The first-order valence-electron chi connectivity index (χ1n) is 6.48. The molecule has 0 aromatic carbocycles. The zero-order valence-corrected chi connectivity index (χ0v) is 12.8. The summed E-state index contributed by atoms with van der Waals surface area (Å²) in [7, 11) is 0. The zero-order chi connectivity index (χ0) is 12.1. The highest BCUT2D eigenvalue weighted by Gasteiger charge is 2.18. The minimum Gasteiger partial charge on any atom is -0.313 e. The standard InChI is InChI=1S/C13H21BrN2S/c1-2-15-11-4-3-8-16(10-11)9-7-12-5-6-13(14)17-12/h5-6,11,15H,2-4,7-10H2,1H3. The van der Waals surface area contributed by atoms with Gasteiger partial charge in [0.15, 0.2) is 0 Å². The Hall–Kier alpha value is 0.1000. The van der Waals surface area contributed by atoms with Gasteiger partial charge in [-0.1, -0.05) is 6.92 Å². The average molecular weight is 317 g/mol. The lowest BCUT2D eigenvalue weighted by Gasteiger charge is -2.33. The van der Waals surface area contributed by atoms with E-state index >= 15 is 0 Å².